The molecule has 0 saturated heterocycles. The summed E-state index contributed by atoms with van der Waals surface area (Å²) in [6, 6.07) is 17.3. The molecule has 0 N–H and O–H groups in total. The monoisotopic (exact) mass is 271 g/mol. The van der Waals surface area contributed by atoms with Gasteiger partial charge in [0.1, 0.15) is 0 Å². The van der Waals surface area contributed by atoms with Gasteiger partial charge < -0.3 is 0 Å². The molecule has 102 valence electrons. The van der Waals surface area contributed by atoms with Crippen LogP contribution in [0, 0.1) is 20.8 Å². The lowest BCUT2D eigenvalue weighted by Gasteiger charge is -2.11. The van der Waals surface area contributed by atoms with Crippen molar-refractivity contribution < 1.29 is 0 Å². The molecule has 0 atom stereocenters. The fraction of sp³-hybridized carbons (Fsp3) is 0.150. The number of aryl methyl sites for hydroxylation is 3. The lowest BCUT2D eigenvalue weighted by molar-refractivity contribution is 1.34. The SMILES string of the molecule is Cc1cc2nc3c(ccc4ccccc43)c(C)c2cc1C. The first-order chi connectivity index (χ1) is 10.1. The lowest BCUT2D eigenvalue weighted by atomic mass is 9.97. The molecular weight excluding hydrogens is 254 g/mol. The van der Waals surface area contributed by atoms with Crippen LogP contribution in [0.25, 0.3) is 32.6 Å². The van der Waals surface area contributed by atoms with Crippen LogP contribution in [0.3, 0.4) is 0 Å². The zero-order chi connectivity index (χ0) is 14.6. The molecule has 0 aliphatic heterocycles. The normalized spacial score (nSPS) is 11.6. The van der Waals surface area contributed by atoms with Crippen LogP contribution in [0.15, 0.2) is 48.5 Å². The Hall–Kier alpha value is -2.41. The second-order valence-electron chi connectivity index (χ2n) is 5.87. The maximum Gasteiger partial charge on any atom is 0.0790 e. The smallest absolute Gasteiger partial charge is 0.0790 e. The van der Waals surface area contributed by atoms with Crippen LogP contribution in [0.4, 0.5) is 0 Å². The van der Waals surface area contributed by atoms with Crippen molar-refractivity contribution in [1.82, 2.24) is 4.98 Å². The predicted molar refractivity (Wildman–Crippen MR) is 91.0 cm³/mol. The van der Waals surface area contributed by atoms with Gasteiger partial charge in [-0.2, -0.15) is 0 Å². The Morgan fingerprint density at radius 3 is 2.33 bits per heavy atom. The molecule has 3 aromatic carbocycles. The Morgan fingerprint density at radius 1 is 0.714 bits per heavy atom. The van der Waals surface area contributed by atoms with Crippen molar-refractivity contribution in [3.63, 3.8) is 0 Å². The summed E-state index contributed by atoms with van der Waals surface area (Å²) in [6.45, 7) is 6.52. The minimum atomic E-state index is 1.10. The van der Waals surface area contributed by atoms with Gasteiger partial charge in [-0.15, -0.1) is 0 Å². The summed E-state index contributed by atoms with van der Waals surface area (Å²) in [6.07, 6.45) is 0. The van der Waals surface area contributed by atoms with E-state index in [1.807, 2.05) is 0 Å². The fourth-order valence-electron chi connectivity index (χ4n) is 3.14. The number of hydrogen-bond donors (Lipinski definition) is 0. The van der Waals surface area contributed by atoms with Crippen molar-refractivity contribution in [1.29, 1.82) is 0 Å². The zero-order valence-corrected chi connectivity index (χ0v) is 12.6. The zero-order valence-electron chi connectivity index (χ0n) is 12.6. The van der Waals surface area contributed by atoms with Gasteiger partial charge in [-0.1, -0.05) is 36.4 Å². The predicted octanol–water partition coefficient (Wildman–Crippen LogP) is 5.47. The first-order valence-corrected chi connectivity index (χ1v) is 7.34. The van der Waals surface area contributed by atoms with E-state index in [-0.39, 0.29) is 0 Å². The maximum absolute atomic E-state index is 4.97. The minimum absolute atomic E-state index is 1.10. The molecule has 0 fully saturated rings. The summed E-state index contributed by atoms with van der Waals surface area (Å²) >= 11 is 0. The van der Waals surface area contributed by atoms with E-state index in [1.165, 1.54) is 38.2 Å². The molecule has 1 nitrogen and oxygen atoms in total. The highest BCUT2D eigenvalue weighted by Crippen LogP contribution is 2.31. The average Bonchev–Trinajstić information content (AvgIpc) is 2.49. The van der Waals surface area contributed by atoms with Gasteiger partial charge in [0, 0.05) is 16.2 Å². The van der Waals surface area contributed by atoms with Gasteiger partial charge in [-0.3, -0.25) is 0 Å². The van der Waals surface area contributed by atoms with Gasteiger partial charge in [0.2, 0.25) is 0 Å². The molecule has 4 aromatic rings. The van der Waals surface area contributed by atoms with Gasteiger partial charge in [0.15, 0.2) is 0 Å². The molecule has 0 unspecified atom stereocenters. The Balaban J connectivity index is 2.27. The van der Waals surface area contributed by atoms with Crippen molar-refractivity contribution in [3.8, 4) is 0 Å². The molecule has 1 heterocycles. The van der Waals surface area contributed by atoms with Crippen molar-refractivity contribution >= 4 is 32.6 Å². The van der Waals surface area contributed by atoms with E-state index in [2.05, 4.69) is 69.3 Å². The molecule has 0 amide bonds. The molecule has 21 heavy (non-hydrogen) atoms. The third kappa shape index (κ3) is 1.74. The minimum Gasteiger partial charge on any atom is -0.247 e. The molecule has 0 aliphatic carbocycles. The van der Waals surface area contributed by atoms with E-state index in [1.54, 1.807) is 0 Å². The quantitative estimate of drug-likeness (QED) is 0.305. The van der Waals surface area contributed by atoms with Crippen molar-refractivity contribution in [3.05, 3.63) is 65.2 Å². The van der Waals surface area contributed by atoms with Crippen molar-refractivity contribution in [2.75, 3.05) is 0 Å². The second kappa shape index (κ2) is 4.29. The number of fused-ring (bicyclic) bond motifs is 4. The number of aromatic nitrogens is 1. The summed E-state index contributed by atoms with van der Waals surface area (Å²) in [5, 5.41) is 5.00. The lowest BCUT2D eigenvalue weighted by Crippen LogP contribution is -1.91. The molecule has 0 saturated carbocycles. The summed E-state index contributed by atoms with van der Waals surface area (Å²) in [7, 11) is 0. The Morgan fingerprint density at radius 2 is 1.48 bits per heavy atom. The molecule has 0 bridgehead atoms. The summed E-state index contributed by atoms with van der Waals surface area (Å²) in [5.41, 5.74) is 6.16. The summed E-state index contributed by atoms with van der Waals surface area (Å²) in [4.78, 5) is 4.97. The van der Waals surface area contributed by atoms with Crippen LogP contribution < -0.4 is 0 Å². The number of pyridine rings is 1. The Bertz CT molecular complexity index is 1010. The van der Waals surface area contributed by atoms with E-state index in [4.69, 9.17) is 4.98 Å². The molecule has 0 aliphatic rings. The molecule has 0 radical (unpaired) electrons. The van der Waals surface area contributed by atoms with Crippen LogP contribution in [0.1, 0.15) is 16.7 Å². The highest BCUT2D eigenvalue weighted by atomic mass is 14.7. The molecule has 1 heteroatoms. The fourth-order valence-corrected chi connectivity index (χ4v) is 3.14. The molecule has 1 aromatic heterocycles. The number of benzene rings is 3. The number of nitrogens with zero attached hydrogens (tertiary/aromatic N) is 1. The van der Waals surface area contributed by atoms with E-state index < -0.39 is 0 Å². The Labute approximate surface area is 124 Å². The second-order valence-corrected chi connectivity index (χ2v) is 5.87. The first-order valence-electron chi connectivity index (χ1n) is 7.34. The third-order valence-corrected chi connectivity index (χ3v) is 4.55. The molecule has 0 spiro atoms. The summed E-state index contributed by atoms with van der Waals surface area (Å²) < 4.78 is 0. The average molecular weight is 271 g/mol. The van der Waals surface area contributed by atoms with Crippen LogP contribution in [0.5, 0.6) is 0 Å². The van der Waals surface area contributed by atoms with Gasteiger partial charge in [0.05, 0.1) is 11.0 Å². The largest absolute Gasteiger partial charge is 0.247 e. The van der Waals surface area contributed by atoms with Gasteiger partial charge >= 0.3 is 0 Å². The third-order valence-electron chi connectivity index (χ3n) is 4.55. The van der Waals surface area contributed by atoms with E-state index in [0.717, 1.165) is 11.0 Å². The van der Waals surface area contributed by atoms with E-state index >= 15 is 0 Å². The molecular formula is C20H17N. The van der Waals surface area contributed by atoms with Crippen molar-refractivity contribution in [2.45, 2.75) is 20.8 Å². The maximum atomic E-state index is 4.97. The first kappa shape index (κ1) is 12.3. The van der Waals surface area contributed by atoms with Gasteiger partial charge in [0.25, 0.3) is 0 Å². The highest BCUT2D eigenvalue weighted by molar-refractivity contribution is 6.10. The topological polar surface area (TPSA) is 12.9 Å². The summed E-state index contributed by atoms with van der Waals surface area (Å²) in [5.74, 6) is 0. The van der Waals surface area contributed by atoms with E-state index in [0.29, 0.717) is 0 Å². The Kier molecular flexibility index (Phi) is 2.52. The van der Waals surface area contributed by atoms with Crippen LogP contribution in [-0.2, 0) is 0 Å². The highest BCUT2D eigenvalue weighted by Gasteiger charge is 2.09. The van der Waals surface area contributed by atoms with E-state index in [9.17, 15) is 0 Å². The van der Waals surface area contributed by atoms with Crippen LogP contribution >= 0.6 is 0 Å². The number of hydrogen-bond acceptors (Lipinski definition) is 1. The van der Waals surface area contributed by atoms with Gasteiger partial charge in [-0.05, 0) is 55.0 Å². The van der Waals surface area contributed by atoms with Crippen LogP contribution in [-0.4, -0.2) is 4.98 Å². The molecule has 4 rings (SSSR count). The number of rotatable bonds is 0. The van der Waals surface area contributed by atoms with Crippen molar-refractivity contribution in [2.24, 2.45) is 0 Å². The van der Waals surface area contributed by atoms with Gasteiger partial charge in [-0.25, -0.2) is 4.98 Å². The standard InChI is InChI=1S/C20H17N/c1-12-10-18-14(3)16-9-8-15-6-4-5-7-17(15)20(16)21-19(18)11-13(12)2/h4-11H,1-3H3. The van der Waals surface area contributed by atoms with Crippen LogP contribution in [0.2, 0.25) is 0 Å².